The average Bonchev–Trinajstić information content (AvgIpc) is 3.45. The first-order valence-electron chi connectivity index (χ1n) is 20.8. The summed E-state index contributed by atoms with van der Waals surface area (Å²) in [5.74, 6) is -2.01. The van der Waals surface area contributed by atoms with Gasteiger partial charge in [-0.25, -0.2) is 4.79 Å². The molecule has 0 spiro atoms. The fourth-order valence-corrected chi connectivity index (χ4v) is 8.70. The highest BCUT2D eigenvalue weighted by Crippen LogP contribution is 2.46. The molecule has 0 radical (unpaired) electrons. The summed E-state index contributed by atoms with van der Waals surface area (Å²) in [4.78, 5) is 65.2. The zero-order valence-corrected chi connectivity index (χ0v) is 40.5. The number of nitrogens with one attached hydrogen (secondary N) is 2. The predicted molar refractivity (Wildman–Crippen MR) is 237 cm³/mol. The van der Waals surface area contributed by atoms with Crippen molar-refractivity contribution < 1.29 is 47.7 Å². The van der Waals surface area contributed by atoms with E-state index < -0.39 is 100 Å². The third kappa shape index (κ3) is 13.6. The maximum absolute atomic E-state index is 14.5. The normalized spacial score (nSPS) is 20.5. The highest BCUT2D eigenvalue weighted by atomic mass is 28.4. The van der Waals surface area contributed by atoms with Gasteiger partial charge in [-0.2, -0.15) is 0 Å². The Labute approximate surface area is 361 Å². The maximum atomic E-state index is 14.5. The second-order valence-corrected chi connectivity index (χ2v) is 29.3. The summed E-state index contributed by atoms with van der Waals surface area (Å²) in [6, 6.07) is 5.66. The Hall–Kier alpha value is -3.70. The Kier molecular flexibility index (Phi) is 17.1. The van der Waals surface area contributed by atoms with Gasteiger partial charge in [0, 0.05) is 18.8 Å². The average molecular weight is 894 g/mol. The number of nitrogens with two attached hydrogens (primary N) is 1. The topological polar surface area (TPSA) is 232 Å². The van der Waals surface area contributed by atoms with Gasteiger partial charge in [0.05, 0.1) is 26.1 Å². The van der Waals surface area contributed by atoms with E-state index in [9.17, 15) is 29.1 Å². The van der Waals surface area contributed by atoms with E-state index in [0.29, 0.717) is 11.3 Å². The van der Waals surface area contributed by atoms with Crippen LogP contribution in [0, 0.1) is 0 Å². The van der Waals surface area contributed by atoms with Crippen LogP contribution in [0.1, 0.15) is 86.9 Å². The van der Waals surface area contributed by atoms with E-state index in [0.717, 1.165) is 4.57 Å². The number of hydrogen-bond acceptors (Lipinski definition) is 13. The lowest BCUT2D eigenvalue weighted by molar-refractivity contribution is -0.166. The van der Waals surface area contributed by atoms with Crippen molar-refractivity contribution in [3.05, 3.63) is 62.9 Å². The van der Waals surface area contributed by atoms with Gasteiger partial charge in [0.1, 0.15) is 41.8 Å². The molecule has 61 heavy (non-hydrogen) atoms. The van der Waals surface area contributed by atoms with E-state index >= 15 is 0 Å². The molecule has 1 saturated heterocycles. The van der Waals surface area contributed by atoms with Gasteiger partial charge in [-0.3, -0.25) is 28.3 Å². The van der Waals surface area contributed by atoms with Crippen LogP contribution in [-0.2, 0) is 39.3 Å². The summed E-state index contributed by atoms with van der Waals surface area (Å²) in [5.41, 5.74) is 4.22. The highest BCUT2D eigenvalue weighted by molar-refractivity contribution is 6.74. The number of carbonyl (C=O) groups excluding carboxylic acids is 2. The number of nitrogens with zero attached hydrogens (tertiary/aromatic N) is 2. The quantitative estimate of drug-likeness (QED) is 0.0770. The number of esters is 1. The molecule has 2 heterocycles. The molecular weight excluding hydrogens is 823 g/mol. The second kappa shape index (κ2) is 20.2. The lowest BCUT2D eigenvalue weighted by Gasteiger charge is -2.44. The molecule has 7 atom stereocenters. The van der Waals surface area contributed by atoms with Crippen LogP contribution in [0.15, 0.2) is 46.1 Å². The molecule has 1 amide bonds. The molecule has 2 aromatic rings. The first-order chi connectivity index (χ1) is 27.9. The van der Waals surface area contributed by atoms with Crippen LogP contribution in [0.5, 0.6) is 5.75 Å². The molecule has 3 rings (SSSR count). The molecule has 1 aromatic heterocycles. The first-order valence-corrected chi connectivity index (χ1v) is 26.6. The van der Waals surface area contributed by atoms with E-state index in [1.54, 1.807) is 52.1 Å². The highest BCUT2D eigenvalue weighted by Gasteiger charge is 2.57. The molecule has 1 fully saturated rings. The molecule has 17 nitrogen and oxygen atoms in total. The van der Waals surface area contributed by atoms with Gasteiger partial charge in [-0.15, -0.1) is 0 Å². The van der Waals surface area contributed by atoms with Gasteiger partial charge in [-0.05, 0) is 87.7 Å². The zero-order chi connectivity index (χ0) is 46.5. The Morgan fingerprint density at radius 3 is 1.95 bits per heavy atom. The van der Waals surface area contributed by atoms with Crippen LogP contribution in [0.25, 0.3) is 0 Å². The molecule has 1 aromatic carbocycles. The minimum Gasteiger partial charge on any atom is -0.497 e. The predicted octanol–water partition coefficient (Wildman–Crippen LogP) is 3.71. The van der Waals surface area contributed by atoms with Gasteiger partial charge in [-0.1, -0.05) is 53.7 Å². The minimum absolute atomic E-state index is 0.0461. The smallest absolute Gasteiger partial charge is 0.333 e. The number of carboxylic acid groups (broad SMARTS) is 1. The number of methoxy groups -OCH3 is 1. The second-order valence-electron chi connectivity index (χ2n) is 19.8. The monoisotopic (exact) mass is 893 g/mol. The summed E-state index contributed by atoms with van der Waals surface area (Å²) in [6.07, 6.45) is -5.07. The van der Waals surface area contributed by atoms with Crippen molar-refractivity contribution >= 4 is 34.5 Å². The number of amides is 1. The molecule has 19 heteroatoms. The Bertz CT molecular complexity index is 1930. The van der Waals surface area contributed by atoms with Gasteiger partial charge in [0.25, 0.3) is 5.56 Å². The number of aliphatic carboxylic acids is 1. The lowest BCUT2D eigenvalue weighted by Crippen LogP contribution is -2.59. The molecular formula is C42H71N5O12Si2. The summed E-state index contributed by atoms with van der Waals surface area (Å²) >= 11 is 0. The summed E-state index contributed by atoms with van der Waals surface area (Å²) in [7, 11) is -3.92. The van der Waals surface area contributed by atoms with Crippen molar-refractivity contribution in [3.63, 3.8) is 0 Å². The molecule has 0 bridgehead atoms. The van der Waals surface area contributed by atoms with Gasteiger partial charge in [0.15, 0.2) is 22.9 Å². The molecule has 344 valence electrons. The lowest BCUT2D eigenvalue weighted by atomic mass is 9.99. The van der Waals surface area contributed by atoms with E-state index in [4.69, 9.17) is 33.9 Å². The molecule has 1 aliphatic rings. The van der Waals surface area contributed by atoms with Crippen molar-refractivity contribution in [2.24, 2.45) is 5.73 Å². The minimum atomic E-state index is -2.74. The Morgan fingerprint density at radius 2 is 1.44 bits per heavy atom. The number of carbonyl (C=O) groups is 3. The van der Waals surface area contributed by atoms with Crippen molar-refractivity contribution in [3.8, 4) is 5.75 Å². The molecule has 0 aliphatic carbocycles. The van der Waals surface area contributed by atoms with Crippen LogP contribution in [0.2, 0.25) is 36.3 Å². The standard InChI is InChI=1S/C42H71N5O12Si2/c1-40(2,3)57-38(53)31(44-21-15-22-45-36(52)28(43)24-30(49)50)32(51)33-34(58-60(11,12)41(4,5)6)35(59-61(13,14)42(7,8)9)37(56-33)46-23-20-29(48)47(39(46)54)25-26-16-18-27(55-10)19-17-26/h16-20,23,28,31-35,37,44,51H,15,21-22,24-25,43H2,1-14H3,(H,45,52)(H,49,50)/t28-,31-,32-,33?,34+,35+,37+/m0/s1. The van der Waals surface area contributed by atoms with E-state index in [-0.39, 0.29) is 36.1 Å². The SMILES string of the molecule is COc1ccc(Cn2c(=O)ccn([C@@H]3OC([C@@H](O)[C@H](NCCCNC(=O)[C@@H](N)CC(=O)O)C(=O)OC(C)(C)C)[C@@H](O[Si](C)(C)C(C)(C)C)[C@H]3O[Si](C)(C)C(C)(C)C)c2=O)cc1. The Morgan fingerprint density at radius 1 is 0.885 bits per heavy atom. The van der Waals surface area contributed by atoms with Gasteiger partial charge >= 0.3 is 17.6 Å². The number of rotatable bonds is 19. The van der Waals surface area contributed by atoms with Gasteiger partial charge in [0.2, 0.25) is 5.91 Å². The zero-order valence-electron chi connectivity index (χ0n) is 38.5. The van der Waals surface area contributed by atoms with Crippen molar-refractivity contribution in [2.45, 2.75) is 166 Å². The van der Waals surface area contributed by atoms with Crippen molar-refractivity contribution in [1.29, 1.82) is 0 Å². The fourth-order valence-electron chi connectivity index (χ4n) is 6.11. The fraction of sp³-hybridized carbons (Fsp3) is 0.690. The van der Waals surface area contributed by atoms with Crippen LogP contribution in [-0.4, -0.2) is 116 Å². The summed E-state index contributed by atoms with van der Waals surface area (Å²) < 4.78 is 34.6. The summed E-state index contributed by atoms with van der Waals surface area (Å²) in [6.45, 7) is 25.9. The maximum Gasteiger partial charge on any atom is 0.333 e. The third-order valence-corrected chi connectivity index (χ3v) is 20.6. The number of ether oxygens (including phenoxy) is 3. The number of benzene rings is 1. The summed E-state index contributed by atoms with van der Waals surface area (Å²) in [5, 5.41) is 26.5. The first kappa shape index (κ1) is 51.7. The molecule has 0 saturated carbocycles. The van der Waals surface area contributed by atoms with Crippen LogP contribution in [0.4, 0.5) is 0 Å². The largest absolute Gasteiger partial charge is 0.497 e. The van der Waals surface area contributed by atoms with Gasteiger partial charge < -0.3 is 49.6 Å². The number of aromatic nitrogens is 2. The number of aliphatic hydroxyl groups excluding tert-OH is 1. The van der Waals surface area contributed by atoms with Crippen molar-refractivity contribution in [2.75, 3.05) is 20.2 Å². The molecule has 6 N–H and O–H groups in total. The Balaban J connectivity index is 2.18. The van der Waals surface area contributed by atoms with E-state index in [1.165, 1.54) is 16.8 Å². The van der Waals surface area contributed by atoms with E-state index in [2.05, 4.69) is 78.4 Å². The number of hydrogen-bond donors (Lipinski definition) is 5. The molecule has 1 aliphatic heterocycles. The third-order valence-electron chi connectivity index (χ3n) is 11.7. The molecule has 1 unspecified atom stereocenters. The van der Waals surface area contributed by atoms with Crippen LogP contribution in [0.3, 0.4) is 0 Å². The van der Waals surface area contributed by atoms with Crippen LogP contribution >= 0.6 is 0 Å². The van der Waals surface area contributed by atoms with Crippen molar-refractivity contribution in [1.82, 2.24) is 19.8 Å². The van der Waals surface area contributed by atoms with Crippen LogP contribution < -0.4 is 32.4 Å². The number of carboxylic acids is 1. The van der Waals surface area contributed by atoms with E-state index in [1.807, 2.05) is 0 Å². The number of aliphatic hydroxyl groups is 1.